The SMILES string of the molecule is CSc1nc(N)n2nc(-c3c(F)ccc(F)c3Br)nc2n1. The van der Waals surface area contributed by atoms with Crippen molar-refractivity contribution in [1.29, 1.82) is 0 Å². The van der Waals surface area contributed by atoms with Gasteiger partial charge in [0.1, 0.15) is 11.6 Å². The van der Waals surface area contributed by atoms with Gasteiger partial charge in [-0.1, -0.05) is 11.8 Å². The number of thioether (sulfide) groups is 1. The van der Waals surface area contributed by atoms with Crippen molar-refractivity contribution in [1.82, 2.24) is 24.6 Å². The fourth-order valence-electron chi connectivity index (χ4n) is 1.72. The van der Waals surface area contributed by atoms with Gasteiger partial charge in [-0.25, -0.2) is 8.78 Å². The van der Waals surface area contributed by atoms with Crippen LogP contribution in [-0.2, 0) is 0 Å². The van der Waals surface area contributed by atoms with Crippen molar-refractivity contribution in [2.45, 2.75) is 5.16 Å². The molecule has 2 heterocycles. The summed E-state index contributed by atoms with van der Waals surface area (Å²) in [6.07, 6.45) is 1.78. The summed E-state index contributed by atoms with van der Waals surface area (Å²) in [5.74, 6) is -1.07. The van der Waals surface area contributed by atoms with Crippen LogP contribution in [0.2, 0.25) is 0 Å². The Kier molecular flexibility index (Phi) is 3.49. The summed E-state index contributed by atoms with van der Waals surface area (Å²) in [6.45, 7) is 0. The Hall–Kier alpha value is -1.81. The van der Waals surface area contributed by atoms with Gasteiger partial charge in [0, 0.05) is 0 Å². The highest BCUT2D eigenvalue weighted by molar-refractivity contribution is 9.10. The maximum atomic E-state index is 13.9. The molecular weight excluding hydrogens is 366 g/mol. The maximum absolute atomic E-state index is 13.9. The third kappa shape index (κ3) is 2.33. The van der Waals surface area contributed by atoms with Crippen LogP contribution in [0.15, 0.2) is 21.8 Å². The molecule has 2 aromatic heterocycles. The van der Waals surface area contributed by atoms with Crippen LogP contribution < -0.4 is 5.73 Å². The summed E-state index contributed by atoms with van der Waals surface area (Å²) in [5, 5.41) is 4.44. The highest BCUT2D eigenvalue weighted by Crippen LogP contribution is 2.31. The number of anilines is 1. The van der Waals surface area contributed by atoms with Gasteiger partial charge in [-0.3, -0.25) is 0 Å². The third-order valence-corrected chi connectivity index (χ3v) is 3.99. The molecule has 6 nitrogen and oxygen atoms in total. The predicted molar refractivity (Wildman–Crippen MR) is 77.8 cm³/mol. The zero-order valence-electron chi connectivity index (χ0n) is 10.5. The van der Waals surface area contributed by atoms with E-state index in [1.165, 1.54) is 16.3 Å². The molecule has 0 saturated carbocycles. The monoisotopic (exact) mass is 372 g/mol. The quantitative estimate of drug-likeness (QED) is 0.549. The first-order valence-electron chi connectivity index (χ1n) is 5.59. The normalized spacial score (nSPS) is 11.2. The van der Waals surface area contributed by atoms with E-state index in [-0.39, 0.29) is 27.6 Å². The van der Waals surface area contributed by atoms with Gasteiger partial charge in [0.2, 0.25) is 5.95 Å². The molecule has 0 bridgehead atoms. The van der Waals surface area contributed by atoms with E-state index in [0.717, 1.165) is 12.1 Å². The number of nitrogen functional groups attached to an aromatic ring is 1. The van der Waals surface area contributed by atoms with Gasteiger partial charge in [0.05, 0.1) is 10.0 Å². The summed E-state index contributed by atoms with van der Waals surface area (Å²) in [5.41, 5.74) is 5.65. The van der Waals surface area contributed by atoms with E-state index in [1.54, 1.807) is 6.26 Å². The lowest BCUT2D eigenvalue weighted by Crippen LogP contribution is -2.04. The summed E-state index contributed by atoms with van der Waals surface area (Å²) >= 11 is 4.28. The van der Waals surface area contributed by atoms with Crippen LogP contribution in [0.25, 0.3) is 17.2 Å². The summed E-state index contributed by atoms with van der Waals surface area (Å²) in [6, 6.07) is 2.02. The van der Waals surface area contributed by atoms with Crippen molar-refractivity contribution in [3.8, 4) is 11.4 Å². The van der Waals surface area contributed by atoms with Gasteiger partial charge in [-0.15, -0.1) is 5.10 Å². The van der Waals surface area contributed by atoms with Gasteiger partial charge in [0.25, 0.3) is 5.78 Å². The molecule has 3 aromatic rings. The van der Waals surface area contributed by atoms with E-state index in [0.29, 0.717) is 5.16 Å². The molecule has 0 atom stereocenters. The molecule has 21 heavy (non-hydrogen) atoms. The van der Waals surface area contributed by atoms with Gasteiger partial charge in [-0.2, -0.15) is 19.5 Å². The van der Waals surface area contributed by atoms with Gasteiger partial charge in [-0.05, 0) is 34.3 Å². The van der Waals surface area contributed by atoms with E-state index in [1.807, 2.05) is 0 Å². The van der Waals surface area contributed by atoms with Crippen LogP contribution >= 0.6 is 27.7 Å². The average molecular weight is 373 g/mol. The first-order chi connectivity index (χ1) is 10.0. The minimum atomic E-state index is -0.657. The van der Waals surface area contributed by atoms with Crippen LogP contribution in [-0.4, -0.2) is 30.8 Å². The lowest BCUT2D eigenvalue weighted by Gasteiger charge is -2.02. The first kappa shape index (κ1) is 14.1. The van der Waals surface area contributed by atoms with Crippen molar-refractivity contribution in [3.05, 3.63) is 28.2 Å². The van der Waals surface area contributed by atoms with Crippen molar-refractivity contribution >= 4 is 39.4 Å². The van der Waals surface area contributed by atoms with Crippen molar-refractivity contribution in [3.63, 3.8) is 0 Å². The highest BCUT2D eigenvalue weighted by Gasteiger charge is 2.19. The molecule has 0 aliphatic rings. The molecule has 0 saturated heterocycles. The lowest BCUT2D eigenvalue weighted by atomic mass is 10.2. The van der Waals surface area contributed by atoms with Crippen LogP contribution in [0.3, 0.4) is 0 Å². The Morgan fingerprint density at radius 2 is 1.90 bits per heavy atom. The fourth-order valence-corrected chi connectivity index (χ4v) is 2.57. The molecule has 0 spiro atoms. The zero-order chi connectivity index (χ0) is 15.1. The zero-order valence-corrected chi connectivity index (χ0v) is 12.9. The Bertz CT molecular complexity index is 852. The molecule has 0 aliphatic heterocycles. The second kappa shape index (κ2) is 5.19. The van der Waals surface area contributed by atoms with Crippen molar-refractivity contribution in [2.24, 2.45) is 0 Å². The maximum Gasteiger partial charge on any atom is 0.258 e. The van der Waals surface area contributed by atoms with Crippen molar-refractivity contribution in [2.75, 3.05) is 12.0 Å². The third-order valence-electron chi connectivity index (χ3n) is 2.66. The number of benzene rings is 1. The summed E-state index contributed by atoms with van der Waals surface area (Å²) in [4.78, 5) is 12.2. The second-order valence-corrected chi connectivity index (χ2v) is 5.50. The molecule has 10 heteroatoms. The number of aromatic nitrogens is 5. The number of hydrogen-bond donors (Lipinski definition) is 1. The van der Waals surface area contributed by atoms with E-state index in [4.69, 9.17) is 5.73 Å². The number of nitrogens with zero attached hydrogens (tertiary/aromatic N) is 5. The Morgan fingerprint density at radius 3 is 2.62 bits per heavy atom. The van der Waals surface area contributed by atoms with Gasteiger partial charge in [0.15, 0.2) is 11.0 Å². The molecular formula is C11H7BrF2N6S. The number of rotatable bonds is 2. The first-order valence-corrected chi connectivity index (χ1v) is 7.61. The molecule has 0 fully saturated rings. The molecule has 0 aliphatic carbocycles. The molecule has 0 amide bonds. The standard InChI is InChI=1S/C11H7BrF2N6S/c1-21-11-17-9(15)20-10(18-11)16-8(19-20)6-4(13)2-3-5(14)7(6)12/h2-3H,1H3,(H2,15,16,17,18,19). The molecule has 2 N–H and O–H groups in total. The number of hydrogen-bond acceptors (Lipinski definition) is 6. The Balaban J connectivity index is 2.27. The molecule has 0 unspecified atom stereocenters. The molecule has 108 valence electrons. The van der Waals surface area contributed by atoms with Crippen molar-refractivity contribution < 1.29 is 8.78 Å². The number of fused-ring (bicyclic) bond motifs is 1. The predicted octanol–water partition coefficient (Wildman–Crippen LogP) is 2.53. The van der Waals surface area contributed by atoms with Crippen LogP contribution in [0.4, 0.5) is 14.7 Å². The summed E-state index contributed by atoms with van der Waals surface area (Å²) < 4.78 is 28.6. The van der Waals surface area contributed by atoms with Crippen LogP contribution in [0.1, 0.15) is 0 Å². The van der Waals surface area contributed by atoms with Gasteiger partial charge < -0.3 is 5.73 Å². The van der Waals surface area contributed by atoms with E-state index < -0.39 is 11.6 Å². The average Bonchev–Trinajstić information content (AvgIpc) is 2.87. The largest absolute Gasteiger partial charge is 0.368 e. The lowest BCUT2D eigenvalue weighted by molar-refractivity contribution is 0.596. The second-order valence-electron chi connectivity index (χ2n) is 3.93. The topological polar surface area (TPSA) is 82.0 Å². The highest BCUT2D eigenvalue weighted by atomic mass is 79.9. The molecule has 0 radical (unpaired) electrons. The smallest absolute Gasteiger partial charge is 0.258 e. The van der Waals surface area contributed by atoms with E-state index in [9.17, 15) is 8.78 Å². The number of halogens is 3. The van der Waals surface area contributed by atoms with E-state index >= 15 is 0 Å². The number of nitrogens with two attached hydrogens (primary N) is 1. The van der Waals surface area contributed by atoms with Crippen LogP contribution in [0.5, 0.6) is 0 Å². The van der Waals surface area contributed by atoms with Gasteiger partial charge >= 0.3 is 0 Å². The minimum absolute atomic E-state index is 0.0295. The minimum Gasteiger partial charge on any atom is -0.368 e. The Labute approximate surface area is 129 Å². The molecule has 3 rings (SSSR count). The molecule has 1 aromatic carbocycles. The van der Waals surface area contributed by atoms with E-state index in [2.05, 4.69) is 36.0 Å². The van der Waals surface area contributed by atoms with Crippen LogP contribution in [0, 0.1) is 11.6 Å². The summed E-state index contributed by atoms with van der Waals surface area (Å²) in [7, 11) is 0. The Morgan fingerprint density at radius 1 is 1.19 bits per heavy atom. The fraction of sp³-hybridized carbons (Fsp3) is 0.0909.